The van der Waals surface area contributed by atoms with Crippen molar-refractivity contribution in [3.05, 3.63) is 106 Å². The molecule has 0 aliphatic carbocycles. The Hall–Kier alpha value is -5.01. The number of fused-ring (bicyclic) bond motifs is 2. The molecule has 0 saturated carbocycles. The summed E-state index contributed by atoms with van der Waals surface area (Å²) < 4.78 is 68.8. The number of hydrogen-bond donors (Lipinski definition) is 1. The lowest BCUT2D eigenvalue weighted by atomic mass is 9.96. The minimum Gasteiger partial charge on any atom is -0.427 e. The number of alkyl halides is 3. The number of hydrogen-bond acceptors (Lipinski definition) is 7. The number of benzene rings is 3. The molecule has 268 valence electrons. The lowest BCUT2D eigenvalue weighted by Gasteiger charge is -2.32. The van der Waals surface area contributed by atoms with Crippen LogP contribution in [0.3, 0.4) is 0 Å². The van der Waals surface area contributed by atoms with Gasteiger partial charge in [0, 0.05) is 35.8 Å². The van der Waals surface area contributed by atoms with Gasteiger partial charge in [0.1, 0.15) is 5.82 Å². The van der Waals surface area contributed by atoms with E-state index < -0.39 is 42.0 Å². The Labute approximate surface area is 292 Å². The first-order valence-electron chi connectivity index (χ1n) is 16.7. The predicted molar refractivity (Wildman–Crippen MR) is 184 cm³/mol. The summed E-state index contributed by atoms with van der Waals surface area (Å²) in [6, 6.07) is 14.5. The maximum absolute atomic E-state index is 15.6. The van der Waals surface area contributed by atoms with Gasteiger partial charge in [-0.2, -0.15) is 18.3 Å². The quantitative estimate of drug-likeness (QED) is 0.0949. The highest BCUT2D eigenvalue weighted by molar-refractivity contribution is 6.00. The van der Waals surface area contributed by atoms with E-state index in [0.717, 1.165) is 57.1 Å². The number of aryl methyl sites for hydroxylation is 3. The fraction of sp³-hybridized carbons (Fsp3) is 0.342. The van der Waals surface area contributed by atoms with E-state index in [1.165, 1.54) is 24.4 Å². The molecular formula is C38H39F4N5O4. The fourth-order valence-electron chi connectivity index (χ4n) is 6.92. The maximum atomic E-state index is 15.6. The molecule has 2 aromatic heterocycles. The second-order valence-electron chi connectivity index (χ2n) is 13.1. The first-order valence-corrected chi connectivity index (χ1v) is 16.7. The molecule has 13 heteroatoms. The molecule has 3 aromatic carbocycles. The molecule has 5 aromatic rings. The molecular weight excluding hydrogens is 666 g/mol. The second kappa shape index (κ2) is 13.6. The highest BCUT2D eigenvalue weighted by atomic mass is 19.4. The third kappa shape index (κ3) is 6.40. The van der Waals surface area contributed by atoms with Crippen molar-refractivity contribution in [2.75, 3.05) is 13.3 Å². The molecule has 0 atom stereocenters. The van der Waals surface area contributed by atoms with Crippen LogP contribution in [0, 0.1) is 12.7 Å². The van der Waals surface area contributed by atoms with Gasteiger partial charge in [0.25, 0.3) is 0 Å². The number of aromatic nitrogens is 3. The number of nitrogens with two attached hydrogens (primary N) is 1. The van der Waals surface area contributed by atoms with Crippen LogP contribution in [0.4, 0.5) is 22.4 Å². The van der Waals surface area contributed by atoms with Crippen LogP contribution in [0.15, 0.2) is 60.8 Å². The van der Waals surface area contributed by atoms with Crippen LogP contribution in [0.1, 0.15) is 66.8 Å². The summed E-state index contributed by atoms with van der Waals surface area (Å²) in [4.78, 5) is 26.7. The SMILES string of the molecule is CCc1cccc(CC)c1-n1nc2c(c1-c1ccc(F)c3c1ccn3C(=O)OCOC(=O)CN)CN(Cc1ccc(C(F)(F)F)cc1C)C2(C)C. The topological polar surface area (TPSA) is 105 Å². The van der Waals surface area contributed by atoms with Gasteiger partial charge in [-0.05, 0) is 86.2 Å². The largest absolute Gasteiger partial charge is 0.427 e. The number of carbonyl (C=O) groups is 2. The van der Waals surface area contributed by atoms with Gasteiger partial charge in [0.05, 0.1) is 40.2 Å². The molecule has 0 unspecified atom stereocenters. The summed E-state index contributed by atoms with van der Waals surface area (Å²) >= 11 is 0. The molecule has 9 nitrogen and oxygen atoms in total. The fourth-order valence-corrected chi connectivity index (χ4v) is 6.92. The zero-order chi connectivity index (χ0) is 36.8. The standard InChI is InChI=1S/C38H39F4N5O4/c1-6-23-9-8-10-24(7-2)32(23)47-33(27-13-14-30(39)34-28(27)15-16-46(34)36(49)51-21-50-31(48)18-43)29-20-45(37(4,5)35(29)44-47)19-25-11-12-26(17-22(25)3)38(40,41)42/h8-17H,6-7,18-21,43H2,1-5H3. The normalized spacial score (nSPS) is 14.2. The van der Waals surface area contributed by atoms with Crippen molar-refractivity contribution < 1.29 is 36.6 Å². The van der Waals surface area contributed by atoms with Crippen LogP contribution in [-0.2, 0) is 51.9 Å². The molecule has 0 spiro atoms. The van der Waals surface area contributed by atoms with Gasteiger partial charge in [-0.15, -0.1) is 0 Å². The third-order valence-electron chi connectivity index (χ3n) is 9.73. The molecule has 0 radical (unpaired) electrons. The van der Waals surface area contributed by atoms with Crippen molar-refractivity contribution in [1.82, 2.24) is 19.2 Å². The molecule has 0 amide bonds. The van der Waals surface area contributed by atoms with E-state index in [1.807, 2.05) is 24.6 Å². The minimum absolute atomic E-state index is 0.0295. The van der Waals surface area contributed by atoms with E-state index in [2.05, 4.69) is 30.9 Å². The average molecular weight is 706 g/mol. The van der Waals surface area contributed by atoms with Crippen LogP contribution in [-0.4, -0.2) is 44.6 Å². The van der Waals surface area contributed by atoms with Crippen molar-refractivity contribution >= 4 is 23.0 Å². The maximum Gasteiger partial charge on any atom is 0.421 e. The molecule has 51 heavy (non-hydrogen) atoms. The van der Waals surface area contributed by atoms with Crippen LogP contribution in [0.25, 0.3) is 27.8 Å². The van der Waals surface area contributed by atoms with Gasteiger partial charge in [-0.3, -0.25) is 9.69 Å². The first kappa shape index (κ1) is 35.8. The molecule has 0 fully saturated rings. The van der Waals surface area contributed by atoms with Crippen molar-refractivity contribution in [2.24, 2.45) is 5.73 Å². The second-order valence-corrected chi connectivity index (χ2v) is 13.1. The Bertz CT molecular complexity index is 2130. The molecule has 0 bridgehead atoms. The van der Waals surface area contributed by atoms with E-state index in [-0.39, 0.29) is 12.1 Å². The average Bonchev–Trinajstić information content (AvgIpc) is 3.77. The smallest absolute Gasteiger partial charge is 0.421 e. The van der Waals surface area contributed by atoms with Crippen molar-refractivity contribution in [1.29, 1.82) is 0 Å². The molecule has 6 rings (SSSR count). The highest BCUT2D eigenvalue weighted by Gasteiger charge is 2.43. The van der Waals surface area contributed by atoms with Crippen LogP contribution in [0.5, 0.6) is 0 Å². The highest BCUT2D eigenvalue weighted by Crippen LogP contribution is 2.47. The number of nitrogens with zero attached hydrogens (tertiary/aromatic N) is 4. The Morgan fingerprint density at radius 1 is 0.980 bits per heavy atom. The van der Waals surface area contributed by atoms with Crippen LogP contribution >= 0.6 is 0 Å². The number of para-hydroxylation sites is 1. The van der Waals surface area contributed by atoms with Gasteiger partial charge in [0.2, 0.25) is 6.79 Å². The van der Waals surface area contributed by atoms with Gasteiger partial charge < -0.3 is 15.2 Å². The van der Waals surface area contributed by atoms with Crippen LogP contribution < -0.4 is 5.73 Å². The first-order chi connectivity index (χ1) is 24.2. The Morgan fingerprint density at radius 2 is 1.69 bits per heavy atom. The number of ether oxygens (including phenoxy) is 2. The van der Waals surface area contributed by atoms with Crippen molar-refractivity contribution in [3.63, 3.8) is 0 Å². The van der Waals surface area contributed by atoms with E-state index >= 15 is 4.39 Å². The number of rotatable bonds is 9. The summed E-state index contributed by atoms with van der Waals surface area (Å²) in [6.07, 6.45) is -2.54. The number of esters is 1. The molecule has 1 aliphatic heterocycles. The monoisotopic (exact) mass is 705 g/mol. The van der Waals surface area contributed by atoms with Gasteiger partial charge in [-0.25, -0.2) is 18.4 Å². The summed E-state index contributed by atoms with van der Waals surface area (Å²) in [5.41, 5.74) is 11.2. The van der Waals surface area contributed by atoms with E-state index in [1.54, 1.807) is 19.1 Å². The third-order valence-corrected chi connectivity index (χ3v) is 9.73. The molecule has 0 saturated heterocycles. The number of carbonyl (C=O) groups excluding carboxylic acids is 2. The molecule has 3 heterocycles. The van der Waals surface area contributed by atoms with Gasteiger partial charge >= 0.3 is 18.2 Å². The predicted octanol–water partition coefficient (Wildman–Crippen LogP) is 7.78. The van der Waals surface area contributed by atoms with Crippen molar-refractivity contribution in [2.45, 2.75) is 72.3 Å². The van der Waals surface area contributed by atoms with E-state index in [0.29, 0.717) is 35.3 Å². The van der Waals surface area contributed by atoms with Gasteiger partial charge in [0.15, 0.2) is 0 Å². The lowest BCUT2D eigenvalue weighted by Crippen LogP contribution is -2.36. The summed E-state index contributed by atoms with van der Waals surface area (Å²) in [5.74, 6) is -1.43. The van der Waals surface area contributed by atoms with Gasteiger partial charge in [-0.1, -0.05) is 38.1 Å². The number of halogens is 4. The minimum atomic E-state index is -4.44. The zero-order valence-corrected chi connectivity index (χ0v) is 29.0. The summed E-state index contributed by atoms with van der Waals surface area (Å²) in [7, 11) is 0. The Morgan fingerprint density at radius 3 is 2.31 bits per heavy atom. The lowest BCUT2D eigenvalue weighted by molar-refractivity contribution is -0.150. The summed E-state index contributed by atoms with van der Waals surface area (Å²) in [6.45, 7) is 9.59. The van der Waals surface area contributed by atoms with Crippen LogP contribution in [0.2, 0.25) is 0 Å². The molecule has 1 aliphatic rings. The Balaban J connectivity index is 1.50. The Kier molecular flexibility index (Phi) is 9.55. The van der Waals surface area contributed by atoms with E-state index in [4.69, 9.17) is 20.3 Å². The van der Waals surface area contributed by atoms with E-state index in [9.17, 15) is 22.8 Å². The zero-order valence-electron chi connectivity index (χ0n) is 29.0. The summed E-state index contributed by atoms with van der Waals surface area (Å²) in [5, 5.41) is 5.71. The molecule has 2 N–H and O–H groups in total. The van der Waals surface area contributed by atoms with Crippen molar-refractivity contribution in [3.8, 4) is 16.9 Å².